The summed E-state index contributed by atoms with van der Waals surface area (Å²) in [6, 6.07) is 5.48. The van der Waals surface area contributed by atoms with Crippen LogP contribution in [0.2, 0.25) is 0 Å². The van der Waals surface area contributed by atoms with E-state index in [0.29, 0.717) is 35.8 Å². The van der Waals surface area contributed by atoms with E-state index in [1.165, 1.54) is 11.8 Å². The minimum Gasteiger partial charge on any atom is -0.383 e. The largest absolute Gasteiger partial charge is 0.383 e. The Balaban J connectivity index is 2.24. The molecule has 0 radical (unpaired) electrons. The van der Waals surface area contributed by atoms with Crippen LogP contribution in [0.3, 0.4) is 0 Å². The molecule has 0 spiro atoms. The number of nitrogens with zero attached hydrogens (tertiary/aromatic N) is 2. The number of hydrogen-bond acceptors (Lipinski definition) is 5. The zero-order valence-electron chi connectivity index (χ0n) is 15.1. The number of amides is 1. The van der Waals surface area contributed by atoms with Crippen LogP contribution < -0.4 is 10.9 Å². The number of thioether (sulfide) groups is 1. The highest BCUT2D eigenvalue weighted by Crippen LogP contribution is 2.21. The van der Waals surface area contributed by atoms with E-state index in [4.69, 9.17) is 4.74 Å². The molecule has 2 rings (SSSR count). The molecule has 0 bridgehead atoms. The van der Waals surface area contributed by atoms with Gasteiger partial charge in [0, 0.05) is 24.7 Å². The lowest BCUT2D eigenvalue weighted by Crippen LogP contribution is -2.29. The van der Waals surface area contributed by atoms with Crippen LogP contribution >= 0.6 is 27.7 Å². The molecule has 0 saturated heterocycles. The number of aromatic nitrogens is 2. The first-order chi connectivity index (χ1) is 12.6. The Morgan fingerprint density at radius 3 is 2.92 bits per heavy atom. The monoisotopic (exact) mass is 441 g/mol. The van der Waals surface area contributed by atoms with Crippen molar-refractivity contribution < 1.29 is 9.53 Å². The van der Waals surface area contributed by atoms with E-state index in [9.17, 15) is 9.59 Å². The van der Waals surface area contributed by atoms with Crippen molar-refractivity contribution in [2.45, 2.75) is 37.9 Å². The Kier molecular flexibility index (Phi) is 8.61. The molecule has 0 aliphatic carbocycles. The van der Waals surface area contributed by atoms with E-state index in [1.54, 1.807) is 17.7 Å². The Morgan fingerprint density at radius 1 is 1.38 bits per heavy atom. The third kappa shape index (κ3) is 5.82. The summed E-state index contributed by atoms with van der Waals surface area (Å²) in [5, 5.41) is 3.95. The quantitative estimate of drug-likeness (QED) is 0.348. The van der Waals surface area contributed by atoms with Gasteiger partial charge in [0.2, 0.25) is 5.91 Å². The predicted molar refractivity (Wildman–Crippen MR) is 109 cm³/mol. The number of rotatable bonds is 10. The first-order valence-corrected chi connectivity index (χ1v) is 10.4. The molecule has 142 valence electrons. The Morgan fingerprint density at radius 2 is 2.19 bits per heavy atom. The second-order valence-electron chi connectivity index (χ2n) is 5.85. The Labute approximate surface area is 165 Å². The highest BCUT2D eigenvalue weighted by Gasteiger charge is 2.13. The van der Waals surface area contributed by atoms with Crippen LogP contribution in [0, 0.1) is 0 Å². The minimum atomic E-state index is -0.0997. The molecule has 1 N–H and O–H groups in total. The number of methoxy groups -OCH3 is 1. The van der Waals surface area contributed by atoms with E-state index >= 15 is 0 Å². The van der Waals surface area contributed by atoms with Gasteiger partial charge >= 0.3 is 0 Å². The third-order valence-electron chi connectivity index (χ3n) is 3.83. The molecule has 1 heterocycles. The van der Waals surface area contributed by atoms with Gasteiger partial charge in [-0.3, -0.25) is 14.2 Å². The standard InChI is InChI=1S/C18H24BrN3O3S/c1-3-4-5-9-22-17(24)14-11-13(19)6-7-15(14)21-18(22)26-12-16(23)20-8-10-25-2/h6-7,11H,3-5,8-10,12H2,1-2H3,(H,20,23). The van der Waals surface area contributed by atoms with Gasteiger partial charge in [-0.2, -0.15) is 0 Å². The summed E-state index contributed by atoms with van der Waals surface area (Å²) in [5.41, 5.74) is 0.585. The first kappa shape index (κ1) is 20.9. The van der Waals surface area contributed by atoms with Crippen molar-refractivity contribution in [1.29, 1.82) is 0 Å². The summed E-state index contributed by atoms with van der Waals surface area (Å²) < 4.78 is 7.46. The number of fused-ring (bicyclic) bond motifs is 1. The normalized spacial score (nSPS) is 11.0. The number of nitrogens with one attached hydrogen (secondary N) is 1. The molecule has 0 atom stereocenters. The fourth-order valence-electron chi connectivity index (χ4n) is 2.47. The van der Waals surface area contributed by atoms with Gasteiger partial charge < -0.3 is 10.1 Å². The average molecular weight is 442 g/mol. The summed E-state index contributed by atoms with van der Waals surface area (Å²) in [7, 11) is 1.59. The lowest BCUT2D eigenvalue weighted by Gasteiger charge is -2.13. The second-order valence-corrected chi connectivity index (χ2v) is 7.71. The second kappa shape index (κ2) is 10.7. The van der Waals surface area contributed by atoms with Gasteiger partial charge in [0.05, 0.1) is 23.3 Å². The van der Waals surface area contributed by atoms with Gasteiger partial charge in [-0.1, -0.05) is 47.5 Å². The van der Waals surface area contributed by atoms with Crippen LogP contribution in [-0.4, -0.2) is 41.5 Å². The van der Waals surface area contributed by atoms with Crippen LogP contribution in [-0.2, 0) is 16.1 Å². The Hall–Kier alpha value is -1.38. The number of halogens is 1. The van der Waals surface area contributed by atoms with Crippen molar-refractivity contribution in [2.75, 3.05) is 26.0 Å². The van der Waals surface area contributed by atoms with Gasteiger partial charge in [-0.15, -0.1) is 0 Å². The maximum absolute atomic E-state index is 12.9. The zero-order chi connectivity index (χ0) is 18.9. The maximum Gasteiger partial charge on any atom is 0.262 e. The SMILES string of the molecule is CCCCCn1c(SCC(=O)NCCOC)nc2ccc(Br)cc2c1=O. The number of benzene rings is 1. The van der Waals surface area contributed by atoms with Crippen molar-refractivity contribution in [3.8, 4) is 0 Å². The van der Waals surface area contributed by atoms with Crippen molar-refractivity contribution in [2.24, 2.45) is 0 Å². The molecule has 1 aromatic carbocycles. The number of unbranched alkanes of at least 4 members (excludes halogenated alkanes) is 2. The minimum absolute atomic E-state index is 0.0605. The zero-order valence-corrected chi connectivity index (χ0v) is 17.5. The van der Waals surface area contributed by atoms with Gasteiger partial charge in [0.1, 0.15) is 0 Å². The van der Waals surface area contributed by atoms with E-state index in [2.05, 4.69) is 33.2 Å². The van der Waals surface area contributed by atoms with E-state index < -0.39 is 0 Å². The molecule has 1 aromatic heterocycles. The molecular weight excluding hydrogens is 418 g/mol. The van der Waals surface area contributed by atoms with E-state index in [0.717, 1.165) is 23.7 Å². The van der Waals surface area contributed by atoms with Gasteiger partial charge in [-0.05, 0) is 24.6 Å². The molecular formula is C18H24BrN3O3S. The van der Waals surface area contributed by atoms with Crippen molar-refractivity contribution in [3.63, 3.8) is 0 Å². The van der Waals surface area contributed by atoms with Crippen molar-refractivity contribution in [3.05, 3.63) is 33.0 Å². The van der Waals surface area contributed by atoms with Crippen LogP contribution in [0.5, 0.6) is 0 Å². The van der Waals surface area contributed by atoms with Crippen molar-refractivity contribution in [1.82, 2.24) is 14.9 Å². The summed E-state index contributed by atoms with van der Waals surface area (Å²) >= 11 is 4.70. The average Bonchev–Trinajstić information content (AvgIpc) is 2.63. The highest BCUT2D eigenvalue weighted by molar-refractivity contribution is 9.10. The molecule has 2 aromatic rings. The summed E-state index contributed by atoms with van der Waals surface area (Å²) in [6.07, 6.45) is 3.03. The number of carbonyl (C=O) groups excluding carboxylic acids is 1. The van der Waals surface area contributed by atoms with Crippen LogP contribution in [0.15, 0.2) is 32.6 Å². The Bertz CT molecular complexity index is 810. The lowest BCUT2D eigenvalue weighted by molar-refractivity contribution is -0.118. The van der Waals surface area contributed by atoms with Crippen LogP contribution in [0.25, 0.3) is 10.9 Å². The molecule has 1 amide bonds. The predicted octanol–water partition coefficient (Wildman–Crippen LogP) is 3.20. The molecule has 26 heavy (non-hydrogen) atoms. The van der Waals surface area contributed by atoms with Crippen LogP contribution in [0.1, 0.15) is 26.2 Å². The summed E-state index contributed by atoms with van der Waals surface area (Å²) in [5.74, 6) is 0.115. The molecule has 0 saturated carbocycles. The fraction of sp³-hybridized carbons (Fsp3) is 0.500. The van der Waals surface area contributed by atoms with E-state index in [-0.39, 0.29) is 17.2 Å². The molecule has 0 aliphatic heterocycles. The molecule has 0 fully saturated rings. The summed E-state index contributed by atoms with van der Waals surface area (Å²) in [6.45, 7) is 3.67. The highest BCUT2D eigenvalue weighted by atomic mass is 79.9. The first-order valence-electron chi connectivity index (χ1n) is 8.65. The number of hydrogen-bond donors (Lipinski definition) is 1. The van der Waals surface area contributed by atoms with Gasteiger partial charge in [0.25, 0.3) is 5.56 Å². The number of ether oxygens (including phenoxy) is 1. The summed E-state index contributed by atoms with van der Waals surface area (Å²) in [4.78, 5) is 29.5. The third-order valence-corrected chi connectivity index (χ3v) is 5.30. The molecule has 0 aliphatic rings. The topological polar surface area (TPSA) is 73.2 Å². The van der Waals surface area contributed by atoms with Crippen molar-refractivity contribution >= 4 is 44.5 Å². The molecule has 8 heteroatoms. The smallest absolute Gasteiger partial charge is 0.262 e. The fourth-order valence-corrected chi connectivity index (χ4v) is 3.69. The van der Waals surface area contributed by atoms with Gasteiger partial charge in [-0.25, -0.2) is 4.98 Å². The maximum atomic E-state index is 12.9. The lowest BCUT2D eigenvalue weighted by atomic mass is 10.2. The molecule has 0 unspecified atom stereocenters. The van der Waals surface area contributed by atoms with Gasteiger partial charge in [0.15, 0.2) is 5.16 Å². The number of carbonyl (C=O) groups is 1. The van der Waals surface area contributed by atoms with E-state index in [1.807, 2.05) is 12.1 Å². The van der Waals surface area contributed by atoms with Crippen LogP contribution in [0.4, 0.5) is 0 Å². The molecule has 6 nitrogen and oxygen atoms in total.